The van der Waals surface area contributed by atoms with Gasteiger partial charge in [0.25, 0.3) is 5.91 Å². The molecule has 1 aliphatic rings. The molecule has 180 valence electrons. The number of fused-ring (bicyclic) bond motifs is 3. The van der Waals surface area contributed by atoms with Gasteiger partial charge in [-0.25, -0.2) is 9.50 Å². The van der Waals surface area contributed by atoms with E-state index in [2.05, 4.69) is 15.4 Å². The van der Waals surface area contributed by atoms with E-state index in [1.54, 1.807) is 36.4 Å². The number of nitrogens with zero attached hydrogens (tertiary/aromatic N) is 3. The van der Waals surface area contributed by atoms with Gasteiger partial charge in [0.2, 0.25) is 0 Å². The number of benzene rings is 3. The highest BCUT2D eigenvalue weighted by Crippen LogP contribution is 2.36. The highest BCUT2D eigenvalue weighted by atomic mass is 19.4. The number of carbonyl (C=O) groups excluding carboxylic acids is 1. The Kier molecular flexibility index (Phi) is 5.03. The fraction of sp³-hybridized carbons (Fsp3) is 0.115. The third kappa shape index (κ3) is 3.76. The second-order valence-electron chi connectivity index (χ2n) is 8.16. The zero-order valence-electron chi connectivity index (χ0n) is 18.5. The molecule has 0 unspecified atom stereocenters. The van der Waals surface area contributed by atoms with Gasteiger partial charge in [0.05, 0.1) is 11.9 Å². The van der Waals surface area contributed by atoms with Gasteiger partial charge in [0.15, 0.2) is 22.8 Å². The average molecular weight is 490 g/mol. The molecule has 1 N–H and O–H groups in total. The van der Waals surface area contributed by atoms with E-state index in [1.165, 1.54) is 0 Å². The number of alkyl halides is 3. The van der Waals surface area contributed by atoms with Gasteiger partial charge in [-0.2, -0.15) is 18.3 Å². The van der Waals surface area contributed by atoms with Gasteiger partial charge in [0.1, 0.15) is 18.8 Å². The van der Waals surface area contributed by atoms with Crippen LogP contribution >= 0.6 is 0 Å². The molecular formula is C26H17F3N4O3. The fourth-order valence-electron chi connectivity index (χ4n) is 4.23. The SMILES string of the molecule is O=C(Nc1ccc2c(c1)OCCO2)c1cnn2c(C(F)(F)F)cc(-c3cccc4ccccc34)nc12. The largest absolute Gasteiger partial charge is 0.486 e. The van der Waals surface area contributed by atoms with Crippen LogP contribution in [0.2, 0.25) is 0 Å². The first-order chi connectivity index (χ1) is 17.4. The van der Waals surface area contributed by atoms with Gasteiger partial charge < -0.3 is 14.8 Å². The molecule has 1 aliphatic heterocycles. The molecule has 3 heterocycles. The highest BCUT2D eigenvalue weighted by Gasteiger charge is 2.36. The molecule has 0 bridgehead atoms. The minimum atomic E-state index is -4.73. The number of amides is 1. The summed E-state index contributed by atoms with van der Waals surface area (Å²) < 4.78 is 53.7. The summed E-state index contributed by atoms with van der Waals surface area (Å²) in [6.45, 7) is 0.798. The van der Waals surface area contributed by atoms with Crippen molar-refractivity contribution >= 4 is 28.0 Å². The lowest BCUT2D eigenvalue weighted by Gasteiger charge is -2.19. The van der Waals surface area contributed by atoms with E-state index in [9.17, 15) is 18.0 Å². The third-order valence-electron chi connectivity index (χ3n) is 5.87. The molecule has 3 aromatic carbocycles. The summed E-state index contributed by atoms with van der Waals surface area (Å²) in [4.78, 5) is 17.6. The van der Waals surface area contributed by atoms with Crippen LogP contribution in [-0.2, 0) is 6.18 Å². The van der Waals surface area contributed by atoms with E-state index in [0.717, 1.165) is 23.0 Å². The van der Waals surface area contributed by atoms with Crippen molar-refractivity contribution in [1.82, 2.24) is 14.6 Å². The number of hydrogen-bond acceptors (Lipinski definition) is 5. The summed E-state index contributed by atoms with van der Waals surface area (Å²) in [7, 11) is 0. The monoisotopic (exact) mass is 490 g/mol. The molecule has 10 heteroatoms. The third-order valence-corrected chi connectivity index (χ3v) is 5.87. The molecular weight excluding hydrogens is 473 g/mol. The van der Waals surface area contributed by atoms with Crippen LogP contribution in [0, 0.1) is 0 Å². The highest BCUT2D eigenvalue weighted by molar-refractivity contribution is 6.08. The van der Waals surface area contributed by atoms with Crippen molar-refractivity contribution in [3.63, 3.8) is 0 Å². The average Bonchev–Trinajstić information content (AvgIpc) is 3.31. The summed E-state index contributed by atoms with van der Waals surface area (Å²) in [5.74, 6) is 0.360. The van der Waals surface area contributed by atoms with Crippen molar-refractivity contribution in [2.45, 2.75) is 6.18 Å². The van der Waals surface area contributed by atoms with Crippen LogP contribution in [0.5, 0.6) is 11.5 Å². The van der Waals surface area contributed by atoms with E-state index in [4.69, 9.17) is 9.47 Å². The molecule has 5 aromatic rings. The maximum absolute atomic E-state index is 14.0. The maximum Gasteiger partial charge on any atom is 0.433 e. The first kappa shape index (κ1) is 21.9. The molecule has 7 nitrogen and oxygen atoms in total. The van der Waals surface area contributed by atoms with E-state index in [-0.39, 0.29) is 16.9 Å². The van der Waals surface area contributed by atoms with Crippen LogP contribution in [0.25, 0.3) is 27.7 Å². The van der Waals surface area contributed by atoms with Crippen LogP contribution in [-0.4, -0.2) is 33.7 Å². The van der Waals surface area contributed by atoms with E-state index in [0.29, 0.717) is 40.5 Å². The Labute approximate surface area is 202 Å². The standard InChI is InChI=1S/C26H17F3N4O3/c27-26(28,29)23-13-20(18-7-3-5-15-4-1-2-6-17(15)18)32-24-19(14-30-33(23)24)25(34)31-16-8-9-21-22(12-16)36-11-10-35-21/h1-9,12-14H,10-11H2,(H,31,34). The van der Waals surface area contributed by atoms with Gasteiger partial charge in [-0.3, -0.25) is 4.79 Å². The number of hydrogen-bond donors (Lipinski definition) is 1. The van der Waals surface area contributed by atoms with Crippen LogP contribution in [0.3, 0.4) is 0 Å². The Morgan fingerprint density at radius 2 is 1.72 bits per heavy atom. The lowest BCUT2D eigenvalue weighted by atomic mass is 10.0. The fourth-order valence-corrected chi connectivity index (χ4v) is 4.23. The van der Waals surface area contributed by atoms with Crippen LogP contribution in [0.15, 0.2) is 72.9 Å². The predicted molar refractivity (Wildman–Crippen MR) is 126 cm³/mol. The Morgan fingerprint density at radius 1 is 0.944 bits per heavy atom. The van der Waals surface area contributed by atoms with E-state index < -0.39 is 17.8 Å². The van der Waals surface area contributed by atoms with Crippen LogP contribution in [0.1, 0.15) is 16.1 Å². The van der Waals surface area contributed by atoms with Crippen molar-refractivity contribution in [2.24, 2.45) is 0 Å². The summed E-state index contributed by atoms with van der Waals surface area (Å²) in [6.07, 6.45) is -3.64. The Morgan fingerprint density at radius 3 is 2.56 bits per heavy atom. The molecule has 0 radical (unpaired) electrons. The number of halogens is 3. The van der Waals surface area contributed by atoms with Crippen LogP contribution in [0.4, 0.5) is 18.9 Å². The van der Waals surface area contributed by atoms with Gasteiger partial charge in [0, 0.05) is 17.3 Å². The molecule has 0 aliphatic carbocycles. The number of rotatable bonds is 3. The minimum absolute atomic E-state index is 0.0838. The molecule has 2 aromatic heterocycles. The number of carbonyl (C=O) groups is 1. The molecule has 36 heavy (non-hydrogen) atoms. The number of ether oxygens (including phenoxy) is 2. The smallest absolute Gasteiger partial charge is 0.433 e. The van der Waals surface area contributed by atoms with Gasteiger partial charge in [-0.05, 0) is 29.0 Å². The molecule has 1 amide bonds. The zero-order chi connectivity index (χ0) is 24.9. The lowest BCUT2D eigenvalue weighted by Crippen LogP contribution is -2.17. The topological polar surface area (TPSA) is 77.8 Å². The van der Waals surface area contributed by atoms with Crippen molar-refractivity contribution in [3.8, 4) is 22.8 Å². The van der Waals surface area contributed by atoms with E-state index >= 15 is 0 Å². The second-order valence-corrected chi connectivity index (χ2v) is 8.16. The Bertz CT molecular complexity index is 1640. The molecule has 0 saturated heterocycles. The van der Waals surface area contributed by atoms with Gasteiger partial charge >= 0.3 is 6.18 Å². The minimum Gasteiger partial charge on any atom is -0.486 e. The Hall–Kier alpha value is -4.60. The molecule has 0 fully saturated rings. The summed E-state index contributed by atoms with van der Waals surface area (Å²) in [5.41, 5.74) is -0.347. The van der Waals surface area contributed by atoms with Crippen molar-refractivity contribution in [2.75, 3.05) is 18.5 Å². The van der Waals surface area contributed by atoms with E-state index in [1.807, 2.05) is 24.3 Å². The Balaban J connectivity index is 1.46. The maximum atomic E-state index is 14.0. The normalized spacial score (nSPS) is 13.2. The first-order valence-corrected chi connectivity index (χ1v) is 11.0. The van der Waals surface area contributed by atoms with Gasteiger partial charge in [-0.1, -0.05) is 42.5 Å². The first-order valence-electron chi connectivity index (χ1n) is 11.0. The molecule has 0 saturated carbocycles. The quantitative estimate of drug-likeness (QED) is 0.357. The van der Waals surface area contributed by atoms with Crippen molar-refractivity contribution in [3.05, 3.63) is 84.2 Å². The number of anilines is 1. The van der Waals surface area contributed by atoms with Crippen molar-refractivity contribution < 1.29 is 27.4 Å². The summed E-state index contributed by atoms with van der Waals surface area (Å²) in [6, 6.07) is 18.5. The van der Waals surface area contributed by atoms with Crippen molar-refractivity contribution in [1.29, 1.82) is 0 Å². The number of nitrogens with one attached hydrogen (secondary N) is 1. The van der Waals surface area contributed by atoms with Crippen LogP contribution < -0.4 is 14.8 Å². The summed E-state index contributed by atoms with van der Waals surface area (Å²) in [5, 5.41) is 8.13. The predicted octanol–water partition coefficient (Wildman–Crippen LogP) is 5.59. The summed E-state index contributed by atoms with van der Waals surface area (Å²) >= 11 is 0. The lowest BCUT2D eigenvalue weighted by molar-refractivity contribution is -0.142. The second kappa shape index (κ2) is 8.26. The molecule has 0 atom stereocenters. The number of aromatic nitrogens is 3. The van der Waals surface area contributed by atoms with Gasteiger partial charge in [-0.15, -0.1) is 0 Å². The molecule has 0 spiro atoms. The zero-order valence-corrected chi connectivity index (χ0v) is 18.5. The molecule has 6 rings (SSSR count).